The zero-order valence-electron chi connectivity index (χ0n) is 11.9. The van der Waals surface area contributed by atoms with Gasteiger partial charge in [-0.15, -0.1) is 11.3 Å². The lowest BCUT2D eigenvalue weighted by Crippen LogP contribution is -2.26. The molecule has 0 aliphatic heterocycles. The summed E-state index contributed by atoms with van der Waals surface area (Å²) in [5.74, 6) is 0.470. The number of thioether (sulfide) groups is 1. The molecular formula is C15H20N2O2S2. The summed E-state index contributed by atoms with van der Waals surface area (Å²) in [6, 6.07) is 8.00. The maximum atomic E-state index is 11.7. The van der Waals surface area contributed by atoms with Gasteiger partial charge in [0.15, 0.2) is 4.34 Å². The van der Waals surface area contributed by atoms with Crippen LogP contribution in [-0.2, 0) is 4.79 Å². The van der Waals surface area contributed by atoms with E-state index < -0.39 is 0 Å². The van der Waals surface area contributed by atoms with Crippen molar-refractivity contribution in [3.05, 3.63) is 24.3 Å². The molecule has 0 saturated carbocycles. The first kappa shape index (κ1) is 16.3. The standard InChI is InChI=1S/C15H20N2O2S2/c18-10-6-2-1-5-9-16-14(19)11-20-15-17-12-7-3-4-8-13(12)21-15/h3-4,7-8,18H,1-2,5-6,9-11H2,(H,16,19). The number of carbonyl (C=O) groups excluding carboxylic acids is 1. The van der Waals surface area contributed by atoms with Crippen LogP contribution in [0.2, 0.25) is 0 Å². The Bertz CT molecular complexity index is 539. The summed E-state index contributed by atoms with van der Waals surface area (Å²) in [5.41, 5.74) is 0.995. The third-order valence-corrected chi connectivity index (χ3v) is 5.19. The van der Waals surface area contributed by atoms with Crippen LogP contribution >= 0.6 is 23.1 Å². The Morgan fingerprint density at radius 2 is 2.05 bits per heavy atom. The number of fused-ring (bicyclic) bond motifs is 1. The minimum absolute atomic E-state index is 0.0569. The van der Waals surface area contributed by atoms with Gasteiger partial charge in [0.05, 0.1) is 16.0 Å². The fourth-order valence-corrected chi connectivity index (χ4v) is 3.81. The second-order valence-electron chi connectivity index (χ2n) is 4.72. The molecule has 1 heterocycles. The van der Waals surface area contributed by atoms with Gasteiger partial charge >= 0.3 is 0 Å². The molecule has 0 aliphatic rings. The summed E-state index contributed by atoms with van der Waals surface area (Å²) in [6.45, 7) is 0.968. The predicted octanol–water partition coefficient (Wildman–Crippen LogP) is 3.06. The maximum absolute atomic E-state index is 11.7. The number of benzene rings is 1. The van der Waals surface area contributed by atoms with E-state index >= 15 is 0 Å². The van der Waals surface area contributed by atoms with Crippen LogP contribution in [0.5, 0.6) is 0 Å². The lowest BCUT2D eigenvalue weighted by molar-refractivity contribution is -0.118. The lowest BCUT2D eigenvalue weighted by Gasteiger charge is -2.03. The van der Waals surface area contributed by atoms with Crippen molar-refractivity contribution in [1.82, 2.24) is 10.3 Å². The first-order valence-corrected chi connectivity index (χ1v) is 8.96. The molecule has 1 aromatic heterocycles. The molecule has 1 aromatic carbocycles. The molecule has 114 valence electrons. The van der Waals surface area contributed by atoms with E-state index in [-0.39, 0.29) is 12.5 Å². The average molecular weight is 324 g/mol. The van der Waals surface area contributed by atoms with Crippen molar-refractivity contribution in [2.45, 2.75) is 30.0 Å². The normalized spacial score (nSPS) is 10.9. The number of nitrogens with zero attached hydrogens (tertiary/aromatic N) is 1. The summed E-state index contributed by atoms with van der Waals surface area (Å²) in [7, 11) is 0. The Morgan fingerprint density at radius 3 is 2.86 bits per heavy atom. The molecule has 0 radical (unpaired) electrons. The van der Waals surface area contributed by atoms with Gasteiger partial charge in [0.25, 0.3) is 0 Å². The highest BCUT2D eigenvalue weighted by atomic mass is 32.2. The van der Waals surface area contributed by atoms with Crippen molar-refractivity contribution in [3.8, 4) is 0 Å². The quantitative estimate of drug-likeness (QED) is 0.550. The highest BCUT2D eigenvalue weighted by Crippen LogP contribution is 2.28. The zero-order valence-corrected chi connectivity index (χ0v) is 13.5. The van der Waals surface area contributed by atoms with Crippen molar-refractivity contribution in [2.24, 2.45) is 0 Å². The summed E-state index contributed by atoms with van der Waals surface area (Å²) in [6.07, 6.45) is 3.89. The molecule has 6 heteroatoms. The molecule has 2 N–H and O–H groups in total. The van der Waals surface area contributed by atoms with Crippen LogP contribution in [0.15, 0.2) is 28.6 Å². The second-order valence-corrected chi connectivity index (χ2v) is 6.98. The largest absolute Gasteiger partial charge is 0.396 e. The Balaban J connectivity index is 1.64. The molecule has 4 nitrogen and oxygen atoms in total. The van der Waals surface area contributed by atoms with E-state index in [4.69, 9.17) is 5.11 Å². The molecule has 0 spiro atoms. The van der Waals surface area contributed by atoms with Gasteiger partial charge < -0.3 is 10.4 Å². The molecule has 2 aromatic rings. The number of para-hydroxylation sites is 1. The molecule has 1 amide bonds. The van der Waals surface area contributed by atoms with Crippen molar-refractivity contribution in [3.63, 3.8) is 0 Å². The van der Waals surface area contributed by atoms with Gasteiger partial charge in [0.1, 0.15) is 0 Å². The molecule has 0 aliphatic carbocycles. The monoisotopic (exact) mass is 324 g/mol. The first-order valence-electron chi connectivity index (χ1n) is 7.15. The van der Waals surface area contributed by atoms with Crippen LogP contribution in [0.1, 0.15) is 25.7 Å². The van der Waals surface area contributed by atoms with E-state index in [0.29, 0.717) is 12.3 Å². The van der Waals surface area contributed by atoms with Gasteiger partial charge in [-0.05, 0) is 25.0 Å². The van der Waals surface area contributed by atoms with Gasteiger partial charge in [-0.1, -0.05) is 36.7 Å². The highest BCUT2D eigenvalue weighted by molar-refractivity contribution is 8.01. The molecule has 0 saturated heterocycles. The third kappa shape index (κ3) is 5.65. The Morgan fingerprint density at radius 1 is 1.24 bits per heavy atom. The van der Waals surface area contributed by atoms with E-state index in [1.807, 2.05) is 24.3 Å². The number of hydrogen-bond donors (Lipinski definition) is 2. The van der Waals surface area contributed by atoms with Crippen LogP contribution in [0.3, 0.4) is 0 Å². The van der Waals surface area contributed by atoms with Gasteiger partial charge in [0, 0.05) is 13.2 Å². The van der Waals surface area contributed by atoms with Crippen LogP contribution in [0, 0.1) is 0 Å². The summed E-state index contributed by atoms with van der Waals surface area (Å²) >= 11 is 3.11. The molecule has 2 rings (SSSR count). The number of amides is 1. The molecule has 0 unspecified atom stereocenters. The average Bonchev–Trinajstić information content (AvgIpc) is 2.91. The molecule has 0 atom stereocenters. The van der Waals surface area contributed by atoms with Crippen molar-refractivity contribution >= 4 is 39.2 Å². The van der Waals surface area contributed by atoms with E-state index in [1.165, 1.54) is 11.8 Å². The lowest BCUT2D eigenvalue weighted by atomic mass is 10.2. The SMILES string of the molecule is O=C(CSc1nc2ccccc2s1)NCCCCCCO. The topological polar surface area (TPSA) is 62.2 Å². The predicted molar refractivity (Wildman–Crippen MR) is 88.9 cm³/mol. The van der Waals surface area contributed by atoms with Crippen LogP contribution in [0.25, 0.3) is 10.2 Å². The Kier molecular flexibility index (Phi) is 6.99. The van der Waals surface area contributed by atoms with E-state index in [0.717, 1.165) is 40.2 Å². The smallest absolute Gasteiger partial charge is 0.230 e. The van der Waals surface area contributed by atoms with Gasteiger partial charge in [-0.25, -0.2) is 4.98 Å². The minimum Gasteiger partial charge on any atom is -0.396 e. The Hall–Kier alpha value is -1.11. The van der Waals surface area contributed by atoms with Crippen LogP contribution in [0.4, 0.5) is 0 Å². The van der Waals surface area contributed by atoms with Gasteiger partial charge in [-0.3, -0.25) is 4.79 Å². The highest BCUT2D eigenvalue weighted by Gasteiger charge is 2.07. The number of carbonyl (C=O) groups is 1. The number of nitrogens with one attached hydrogen (secondary N) is 1. The molecule has 0 fully saturated rings. The minimum atomic E-state index is 0.0569. The van der Waals surface area contributed by atoms with Crippen molar-refractivity contribution < 1.29 is 9.90 Å². The molecule has 0 bridgehead atoms. The number of aliphatic hydroxyl groups is 1. The summed E-state index contributed by atoms with van der Waals surface area (Å²) in [5, 5.41) is 11.6. The number of aliphatic hydroxyl groups excluding tert-OH is 1. The fourth-order valence-electron chi connectivity index (χ4n) is 1.91. The van der Waals surface area contributed by atoms with Crippen LogP contribution in [-0.4, -0.2) is 34.9 Å². The van der Waals surface area contributed by atoms with Crippen molar-refractivity contribution in [1.29, 1.82) is 0 Å². The molecule has 21 heavy (non-hydrogen) atoms. The maximum Gasteiger partial charge on any atom is 0.230 e. The number of hydrogen-bond acceptors (Lipinski definition) is 5. The van der Waals surface area contributed by atoms with Gasteiger partial charge in [0.2, 0.25) is 5.91 Å². The number of aromatic nitrogens is 1. The van der Waals surface area contributed by atoms with E-state index in [9.17, 15) is 4.79 Å². The Labute approximate surface area is 133 Å². The van der Waals surface area contributed by atoms with Crippen molar-refractivity contribution in [2.75, 3.05) is 18.9 Å². The van der Waals surface area contributed by atoms with E-state index in [1.54, 1.807) is 11.3 Å². The number of thiazole rings is 1. The fraction of sp³-hybridized carbons (Fsp3) is 0.467. The number of rotatable bonds is 9. The van der Waals surface area contributed by atoms with E-state index in [2.05, 4.69) is 10.3 Å². The van der Waals surface area contributed by atoms with Gasteiger partial charge in [-0.2, -0.15) is 0 Å². The first-order chi connectivity index (χ1) is 10.3. The van der Waals surface area contributed by atoms with Crippen LogP contribution < -0.4 is 5.32 Å². The summed E-state index contributed by atoms with van der Waals surface area (Å²) in [4.78, 5) is 16.2. The molecular weight excluding hydrogens is 304 g/mol. The third-order valence-electron chi connectivity index (χ3n) is 3.01. The zero-order chi connectivity index (χ0) is 14.9. The number of unbranched alkanes of at least 4 members (excludes halogenated alkanes) is 3. The second kappa shape index (κ2) is 9.02. The summed E-state index contributed by atoms with van der Waals surface area (Å²) < 4.78 is 2.10.